The van der Waals surface area contributed by atoms with Crippen molar-refractivity contribution in [1.29, 1.82) is 5.26 Å². The molecular formula is C26H31ClF3N5O4S. The molecule has 1 saturated carbocycles. The van der Waals surface area contributed by atoms with Gasteiger partial charge in [-0.1, -0.05) is 23.7 Å². The largest absolute Gasteiger partial charge is 0.401 e. The minimum Gasteiger partial charge on any atom is -0.304 e. The molecule has 3 heterocycles. The van der Waals surface area contributed by atoms with Crippen molar-refractivity contribution < 1.29 is 31.2 Å². The van der Waals surface area contributed by atoms with Gasteiger partial charge >= 0.3 is 6.18 Å². The van der Waals surface area contributed by atoms with E-state index in [1.807, 2.05) is 4.90 Å². The van der Waals surface area contributed by atoms with Gasteiger partial charge in [0.15, 0.2) is 9.84 Å². The van der Waals surface area contributed by atoms with Gasteiger partial charge in [-0.05, 0) is 63.7 Å². The second-order valence-corrected chi connectivity index (χ2v) is 13.7. The van der Waals surface area contributed by atoms with Crippen LogP contribution >= 0.6 is 11.6 Å². The Labute approximate surface area is 236 Å². The quantitative estimate of drug-likeness (QED) is 0.474. The lowest BCUT2D eigenvalue weighted by molar-refractivity contribution is -0.158. The lowest BCUT2D eigenvalue weighted by atomic mass is 9.92. The SMILES string of the molecule is N#CC1(N(C(=O)C2CCN2C2CCN(CC(F)(F)F)CC2)C(=O)[C@@H]2C[C@@H](S(=O)(=O)c3ccccc3Cl)CN2)CC1. The van der Waals surface area contributed by atoms with Crippen LogP contribution in [0.4, 0.5) is 13.2 Å². The molecule has 5 rings (SSSR count). The third kappa shape index (κ3) is 5.61. The Hall–Kier alpha value is -2.24. The summed E-state index contributed by atoms with van der Waals surface area (Å²) < 4.78 is 64.8. The topological polar surface area (TPSA) is 114 Å². The van der Waals surface area contributed by atoms with Gasteiger partial charge in [0.25, 0.3) is 0 Å². The van der Waals surface area contributed by atoms with Crippen molar-refractivity contribution in [2.24, 2.45) is 0 Å². The van der Waals surface area contributed by atoms with E-state index in [0.29, 0.717) is 38.6 Å². The number of nitriles is 1. The number of imide groups is 1. The molecule has 3 atom stereocenters. The number of hydrogen-bond donors (Lipinski definition) is 1. The molecule has 9 nitrogen and oxygen atoms in total. The van der Waals surface area contributed by atoms with Crippen LogP contribution in [-0.4, -0.2) is 103 Å². The molecule has 0 aromatic heterocycles. The maximum atomic E-state index is 13.8. The fourth-order valence-corrected chi connectivity index (χ4v) is 8.28. The van der Waals surface area contributed by atoms with Crippen molar-refractivity contribution in [2.75, 3.05) is 32.7 Å². The normalized spacial score (nSPS) is 27.5. The van der Waals surface area contributed by atoms with Gasteiger partial charge in [-0.15, -0.1) is 0 Å². The summed E-state index contributed by atoms with van der Waals surface area (Å²) >= 11 is 6.12. The highest BCUT2D eigenvalue weighted by Gasteiger charge is 2.58. The summed E-state index contributed by atoms with van der Waals surface area (Å²) in [5, 5.41) is 12.0. The summed E-state index contributed by atoms with van der Waals surface area (Å²) in [5.41, 5.74) is -1.26. The summed E-state index contributed by atoms with van der Waals surface area (Å²) in [6.07, 6.45) is -2.21. The molecule has 4 aliphatic rings. The molecule has 4 fully saturated rings. The van der Waals surface area contributed by atoms with E-state index in [-0.39, 0.29) is 42.0 Å². The third-order valence-corrected chi connectivity index (χ3v) is 11.2. The third-order valence-electron chi connectivity index (χ3n) is 8.55. The molecule has 0 spiro atoms. The van der Waals surface area contributed by atoms with Crippen LogP contribution in [0.1, 0.15) is 38.5 Å². The number of sulfone groups is 1. The number of likely N-dealkylation sites (tertiary alicyclic amines) is 2. The zero-order valence-corrected chi connectivity index (χ0v) is 23.3. The summed E-state index contributed by atoms with van der Waals surface area (Å²) in [6.45, 7) is 0.148. The Balaban J connectivity index is 1.27. The fourth-order valence-electron chi connectivity index (χ4n) is 6.09. The van der Waals surface area contributed by atoms with E-state index in [4.69, 9.17) is 11.6 Å². The highest BCUT2D eigenvalue weighted by molar-refractivity contribution is 7.92. The first-order chi connectivity index (χ1) is 18.9. The van der Waals surface area contributed by atoms with Crippen LogP contribution in [0.2, 0.25) is 5.02 Å². The van der Waals surface area contributed by atoms with Gasteiger partial charge in [0, 0.05) is 19.1 Å². The van der Waals surface area contributed by atoms with Crippen LogP contribution < -0.4 is 5.32 Å². The van der Waals surface area contributed by atoms with Crippen molar-refractivity contribution in [3.63, 3.8) is 0 Å². The maximum absolute atomic E-state index is 13.8. The molecular weight excluding hydrogens is 571 g/mol. The van der Waals surface area contributed by atoms with Crippen LogP contribution in [0.3, 0.4) is 0 Å². The second-order valence-electron chi connectivity index (χ2n) is 11.1. The summed E-state index contributed by atoms with van der Waals surface area (Å²) in [6, 6.07) is 6.52. The number of hydrogen-bond acceptors (Lipinski definition) is 8. The lowest BCUT2D eigenvalue weighted by Gasteiger charge is -2.49. The van der Waals surface area contributed by atoms with Crippen LogP contribution in [0.15, 0.2) is 29.2 Å². The number of piperidine rings is 1. The summed E-state index contributed by atoms with van der Waals surface area (Å²) in [4.78, 5) is 31.9. The smallest absolute Gasteiger partial charge is 0.304 e. The number of nitrogens with one attached hydrogen (secondary N) is 1. The molecule has 3 aliphatic heterocycles. The first-order valence-electron chi connectivity index (χ1n) is 13.4. The van der Waals surface area contributed by atoms with Crippen LogP contribution in [0, 0.1) is 11.3 Å². The Bertz CT molecular complexity index is 1310. The van der Waals surface area contributed by atoms with E-state index >= 15 is 0 Å². The van der Waals surface area contributed by atoms with Gasteiger partial charge in [0.1, 0.15) is 5.54 Å². The Morgan fingerprint density at radius 2 is 1.80 bits per heavy atom. The highest BCUT2D eigenvalue weighted by atomic mass is 35.5. The first-order valence-corrected chi connectivity index (χ1v) is 15.3. The molecule has 0 bridgehead atoms. The van der Waals surface area contributed by atoms with Gasteiger partial charge in [-0.2, -0.15) is 18.4 Å². The molecule has 40 heavy (non-hydrogen) atoms. The molecule has 14 heteroatoms. The standard InChI is InChI=1S/C26H31ClF3N5O4S/c27-19-3-1-2-4-22(19)40(38,39)18-13-20(32-14-18)23(36)35(25(15-31)8-9-25)24(37)21-7-12-34(21)17-5-10-33(11-6-17)16-26(28,29)30/h1-4,17-18,20-21,32H,5-14,16H2/t18-,20+,21?/m1/s1. The van der Waals surface area contributed by atoms with Gasteiger partial charge in [0.2, 0.25) is 11.8 Å². The van der Waals surface area contributed by atoms with E-state index < -0.39 is 57.2 Å². The second kappa shape index (κ2) is 10.9. The van der Waals surface area contributed by atoms with E-state index in [1.165, 1.54) is 17.0 Å². The molecule has 1 aromatic rings. The number of amides is 2. The number of rotatable bonds is 7. The molecule has 1 aromatic carbocycles. The number of benzene rings is 1. The number of carbonyl (C=O) groups is 2. The van der Waals surface area contributed by atoms with Crippen molar-refractivity contribution in [2.45, 2.75) is 78.5 Å². The van der Waals surface area contributed by atoms with Crippen molar-refractivity contribution in [1.82, 2.24) is 20.0 Å². The zero-order chi connectivity index (χ0) is 28.9. The lowest BCUT2D eigenvalue weighted by Crippen LogP contribution is -2.65. The van der Waals surface area contributed by atoms with Crippen LogP contribution in [0.25, 0.3) is 0 Å². The van der Waals surface area contributed by atoms with Gasteiger partial charge in [0.05, 0.1) is 39.9 Å². The van der Waals surface area contributed by atoms with E-state index in [9.17, 15) is 36.4 Å². The fraction of sp³-hybridized carbons (Fsp3) is 0.654. The number of halogens is 4. The molecule has 3 saturated heterocycles. The van der Waals surface area contributed by atoms with Gasteiger partial charge in [-0.3, -0.25) is 24.3 Å². The molecule has 218 valence electrons. The Kier molecular flexibility index (Phi) is 7.95. The van der Waals surface area contributed by atoms with Gasteiger partial charge < -0.3 is 5.32 Å². The van der Waals surface area contributed by atoms with Crippen molar-refractivity contribution in [3.05, 3.63) is 29.3 Å². The molecule has 1 unspecified atom stereocenters. The molecule has 0 radical (unpaired) electrons. The number of carbonyl (C=O) groups excluding carboxylic acids is 2. The van der Waals surface area contributed by atoms with Gasteiger partial charge in [-0.25, -0.2) is 8.42 Å². The maximum Gasteiger partial charge on any atom is 0.401 e. The average molecular weight is 602 g/mol. The average Bonchev–Trinajstić information content (AvgIpc) is 3.47. The van der Waals surface area contributed by atoms with Crippen molar-refractivity contribution >= 4 is 33.3 Å². The minimum atomic E-state index is -4.27. The van der Waals surface area contributed by atoms with E-state index in [0.717, 1.165) is 4.90 Å². The molecule has 1 aliphatic carbocycles. The number of alkyl halides is 3. The molecule has 1 N–H and O–H groups in total. The zero-order valence-electron chi connectivity index (χ0n) is 21.7. The Morgan fingerprint density at radius 3 is 2.35 bits per heavy atom. The predicted molar refractivity (Wildman–Crippen MR) is 139 cm³/mol. The van der Waals surface area contributed by atoms with Crippen molar-refractivity contribution in [3.8, 4) is 6.07 Å². The molecule has 2 amide bonds. The van der Waals surface area contributed by atoms with Crippen LogP contribution in [0.5, 0.6) is 0 Å². The summed E-state index contributed by atoms with van der Waals surface area (Å²) in [7, 11) is -3.85. The first kappa shape index (κ1) is 29.3. The van der Waals surface area contributed by atoms with E-state index in [1.54, 1.807) is 12.1 Å². The highest BCUT2D eigenvalue weighted by Crippen LogP contribution is 2.44. The monoisotopic (exact) mass is 601 g/mol. The predicted octanol–water partition coefficient (Wildman–Crippen LogP) is 2.36. The number of nitrogens with zero attached hydrogens (tertiary/aromatic N) is 4. The van der Waals surface area contributed by atoms with E-state index in [2.05, 4.69) is 11.4 Å². The summed E-state index contributed by atoms with van der Waals surface area (Å²) in [5.74, 6) is -1.11. The Morgan fingerprint density at radius 1 is 1.12 bits per heavy atom. The minimum absolute atomic E-state index is 0.00238. The van der Waals surface area contributed by atoms with Crippen LogP contribution in [-0.2, 0) is 19.4 Å².